The average Bonchev–Trinajstić information content (AvgIpc) is 2.76. The highest BCUT2D eigenvalue weighted by Crippen LogP contribution is 2.24. The van der Waals surface area contributed by atoms with Crippen LogP contribution < -0.4 is 15.5 Å². The summed E-state index contributed by atoms with van der Waals surface area (Å²) >= 11 is 0. The fraction of sp³-hybridized carbons (Fsp3) is 0.429. The number of anilines is 3. The van der Waals surface area contributed by atoms with Crippen LogP contribution in [0.1, 0.15) is 30.1 Å². The highest BCUT2D eigenvalue weighted by atomic mass is 19.1. The molecule has 0 unspecified atom stereocenters. The number of halogens is 1. The summed E-state index contributed by atoms with van der Waals surface area (Å²) in [4.78, 5) is 34.8. The molecule has 2 heterocycles. The summed E-state index contributed by atoms with van der Waals surface area (Å²) < 4.78 is 14.5. The maximum atomic E-state index is 14.5. The Hall–Kier alpha value is -3.43. The summed E-state index contributed by atoms with van der Waals surface area (Å²) in [6.45, 7) is 4.08. The molecule has 3 N–H and O–H groups in total. The number of aromatic nitrogens is 2. The van der Waals surface area contributed by atoms with Gasteiger partial charge in [-0.15, -0.1) is 0 Å². The molecule has 10 heteroatoms. The minimum Gasteiger partial charge on any atom is -0.465 e. The van der Waals surface area contributed by atoms with Gasteiger partial charge in [-0.05, 0) is 43.9 Å². The number of piperidine rings is 1. The van der Waals surface area contributed by atoms with Crippen LogP contribution in [0.25, 0.3) is 0 Å². The van der Waals surface area contributed by atoms with Crippen molar-refractivity contribution in [3.05, 3.63) is 42.0 Å². The molecule has 0 aliphatic carbocycles. The largest absolute Gasteiger partial charge is 0.465 e. The Balaban J connectivity index is 1.62. The third kappa shape index (κ3) is 5.80. The summed E-state index contributed by atoms with van der Waals surface area (Å²) in [5.41, 5.74) is 0.461. The fourth-order valence-corrected chi connectivity index (χ4v) is 3.57. The molecule has 0 saturated carbocycles. The molecule has 0 atom stereocenters. The van der Waals surface area contributed by atoms with Gasteiger partial charge in [0.25, 0.3) is 5.91 Å². The van der Waals surface area contributed by atoms with Gasteiger partial charge in [-0.25, -0.2) is 19.2 Å². The molecule has 3 rings (SSSR count). The molecule has 1 fully saturated rings. The molecule has 1 aromatic carbocycles. The van der Waals surface area contributed by atoms with E-state index < -0.39 is 11.9 Å². The predicted molar refractivity (Wildman–Crippen MR) is 115 cm³/mol. The lowest BCUT2D eigenvalue weighted by atomic mass is 9.96. The Kier molecular flexibility index (Phi) is 7.22. The van der Waals surface area contributed by atoms with Gasteiger partial charge in [-0.2, -0.15) is 0 Å². The van der Waals surface area contributed by atoms with Crippen LogP contribution in [-0.4, -0.2) is 65.2 Å². The zero-order valence-electron chi connectivity index (χ0n) is 17.6. The van der Waals surface area contributed by atoms with E-state index in [9.17, 15) is 14.0 Å². The van der Waals surface area contributed by atoms with Gasteiger partial charge >= 0.3 is 6.09 Å². The van der Waals surface area contributed by atoms with Crippen molar-refractivity contribution in [1.29, 1.82) is 0 Å². The molecular formula is C21H27FN6O3. The standard InChI is InChI=1S/C21H27FN6O3/c1-3-23-20(29)15-4-5-17(16(22)10-15)26-18-11-19(25-13-24-18)27(2)12-14-6-8-28(9-7-14)21(30)31/h4-5,10-11,13-14H,3,6-9,12H2,1-2H3,(H,23,29)(H,30,31)(H,24,25,26). The Labute approximate surface area is 180 Å². The quantitative estimate of drug-likeness (QED) is 0.619. The Morgan fingerprint density at radius 2 is 2.00 bits per heavy atom. The number of hydrogen-bond donors (Lipinski definition) is 3. The smallest absolute Gasteiger partial charge is 0.407 e. The van der Waals surface area contributed by atoms with Crippen LogP contribution in [-0.2, 0) is 0 Å². The van der Waals surface area contributed by atoms with E-state index in [1.807, 2.05) is 11.9 Å². The first kappa shape index (κ1) is 22.3. The van der Waals surface area contributed by atoms with E-state index in [0.717, 1.165) is 19.4 Å². The Morgan fingerprint density at radius 1 is 1.26 bits per heavy atom. The number of rotatable bonds is 7. The molecule has 0 spiro atoms. The van der Waals surface area contributed by atoms with Crippen LogP contribution in [0.15, 0.2) is 30.6 Å². The first-order chi connectivity index (χ1) is 14.9. The van der Waals surface area contributed by atoms with Gasteiger partial charge in [0.2, 0.25) is 0 Å². The first-order valence-corrected chi connectivity index (χ1v) is 10.2. The van der Waals surface area contributed by atoms with E-state index >= 15 is 0 Å². The van der Waals surface area contributed by atoms with Crippen molar-refractivity contribution < 1.29 is 19.1 Å². The minimum absolute atomic E-state index is 0.210. The van der Waals surface area contributed by atoms with Crippen molar-refractivity contribution in [2.75, 3.05) is 43.4 Å². The lowest BCUT2D eigenvalue weighted by Crippen LogP contribution is -2.40. The number of carbonyl (C=O) groups is 2. The van der Waals surface area contributed by atoms with E-state index in [-0.39, 0.29) is 17.2 Å². The lowest BCUT2D eigenvalue weighted by Gasteiger charge is -2.32. The summed E-state index contributed by atoms with van der Waals surface area (Å²) in [5.74, 6) is 0.599. The lowest BCUT2D eigenvalue weighted by molar-refractivity contribution is 0.0955. The third-order valence-electron chi connectivity index (χ3n) is 5.29. The molecule has 0 bridgehead atoms. The van der Waals surface area contributed by atoms with Crippen LogP contribution in [0.5, 0.6) is 0 Å². The van der Waals surface area contributed by atoms with Crippen molar-refractivity contribution in [3.8, 4) is 0 Å². The van der Waals surface area contributed by atoms with Crippen molar-refractivity contribution >= 4 is 29.3 Å². The number of nitrogens with one attached hydrogen (secondary N) is 2. The van der Waals surface area contributed by atoms with E-state index in [1.54, 1.807) is 19.1 Å². The molecule has 1 saturated heterocycles. The van der Waals surface area contributed by atoms with E-state index in [4.69, 9.17) is 5.11 Å². The van der Waals surface area contributed by atoms with Gasteiger partial charge in [0, 0.05) is 44.9 Å². The number of likely N-dealkylation sites (tertiary alicyclic amines) is 1. The number of nitrogens with zero attached hydrogens (tertiary/aromatic N) is 4. The second kappa shape index (κ2) is 10.1. The van der Waals surface area contributed by atoms with Gasteiger partial charge < -0.3 is 25.5 Å². The Bertz CT molecular complexity index is 933. The fourth-order valence-electron chi connectivity index (χ4n) is 3.57. The molecular weight excluding hydrogens is 403 g/mol. The summed E-state index contributed by atoms with van der Waals surface area (Å²) in [5, 5.41) is 14.6. The van der Waals surface area contributed by atoms with E-state index in [2.05, 4.69) is 20.6 Å². The van der Waals surface area contributed by atoms with Crippen LogP contribution in [0.4, 0.5) is 26.5 Å². The van der Waals surface area contributed by atoms with Crippen molar-refractivity contribution in [1.82, 2.24) is 20.2 Å². The molecule has 9 nitrogen and oxygen atoms in total. The predicted octanol–water partition coefficient (Wildman–Crippen LogP) is 2.94. The number of hydrogen-bond acceptors (Lipinski definition) is 6. The van der Waals surface area contributed by atoms with E-state index in [1.165, 1.54) is 23.4 Å². The van der Waals surface area contributed by atoms with Gasteiger partial charge in [0.1, 0.15) is 23.8 Å². The molecule has 2 amide bonds. The molecule has 1 aliphatic heterocycles. The molecule has 0 radical (unpaired) electrons. The molecule has 2 aromatic rings. The van der Waals surface area contributed by atoms with Crippen LogP contribution in [0, 0.1) is 11.7 Å². The van der Waals surface area contributed by atoms with Gasteiger partial charge in [0.05, 0.1) is 5.69 Å². The van der Waals surface area contributed by atoms with Crippen molar-refractivity contribution in [2.24, 2.45) is 5.92 Å². The van der Waals surface area contributed by atoms with Gasteiger partial charge in [0.15, 0.2) is 0 Å². The normalized spacial score (nSPS) is 14.2. The molecule has 1 aliphatic rings. The Morgan fingerprint density at radius 3 is 2.65 bits per heavy atom. The molecule has 31 heavy (non-hydrogen) atoms. The van der Waals surface area contributed by atoms with Crippen LogP contribution in [0.3, 0.4) is 0 Å². The second-order valence-corrected chi connectivity index (χ2v) is 7.53. The number of benzene rings is 1. The van der Waals surface area contributed by atoms with Crippen molar-refractivity contribution in [2.45, 2.75) is 19.8 Å². The number of carbonyl (C=O) groups excluding carboxylic acids is 1. The van der Waals surface area contributed by atoms with Crippen LogP contribution in [0.2, 0.25) is 0 Å². The maximum absolute atomic E-state index is 14.5. The molecule has 1 aromatic heterocycles. The number of carboxylic acid groups (broad SMARTS) is 1. The average molecular weight is 430 g/mol. The molecule has 166 valence electrons. The SMILES string of the molecule is CCNC(=O)c1ccc(Nc2cc(N(C)CC3CCN(C(=O)O)CC3)ncn2)c(F)c1. The third-order valence-corrected chi connectivity index (χ3v) is 5.29. The summed E-state index contributed by atoms with van der Waals surface area (Å²) in [7, 11) is 1.91. The first-order valence-electron chi connectivity index (χ1n) is 10.2. The highest BCUT2D eigenvalue weighted by molar-refractivity contribution is 5.94. The maximum Gasteiger partial charge on any atom is 0.407 e. The van der Waals surface area contributed by atoms with Crippen LogP contribution >= 0.6 is 0 Å². The van der Waals surface area contributed by atoms with Gasteiger partial charge in [-0.1, -0.05) is 0 Å². The summed E-state index contributed by atoms with van der Waals surface area (Å²) in [6, 6.07) is 5.96. The summed E-state index contributed by atoms with van der Waals surface area (Å²) in [6.07, 6.45) is 2.14. The monoisotopic (exact) mass is 430 g/mol. The van der Waals surface area contributed by atoms with Crippen molar-refractivity contribution in [3.63, 3.8) is 0 Å². The van der Waals surface area contributed by atoms with E-state index in [0.29, 0.717) is 37.2 Å². The topological polar surface area (TPSA) is 111 Å². The minimum atomic E-state index is -0.871. The highest BCUT2D eigenvalue weighted by Gasteiger charge is 2.23. The van der Waals surface area contributed by atoms with Gasteiger partial charge in [-0.3, -0.25) is 4.79 Å². The zero-order chi connectivity index (χ0) is 22.4. The zero-order valence-corrected chi connectivity index (χ0v) is 17.6. The number of amides is 2. The second-order valence-electron chi connectivity index (χ2n) is 7.53.